The van der Waals surface area contributed by atoms with Gasteiger partial charge < -0.3 is 5.11 Å². The van der Waals surface area contributed by atoms with E-state index in [2.05, 4.69) is 0 Å². The van der Waals surface area contributed by atoms with Gasteiger partial charge in [0.15, 0.2) is 17.4 Å². The molecule has 158 valence electrons. The highest BCUT2D eigenvalue weighted by Gasteiger charge is 2.32. The van der Waals surface area contributed by atoms with Crippen molar-refractivity contribution >= 4 is 0 Å². The molecular weight excluding hydrogens is 399 g/mol. The van der Waals surface area contributed by atoms with Crippen LogP contribution in [0.3, 0.4) is 0 Å². The Morgan fingerprint density at radius 2 is 1.43 bits per heavy atom. The van der Waals surface area contributed by atoms with Gasteiger partial charge >= 0.3 is 6.18 Å². The molecule has 4 rings (SSSR count). The molecule has 1 nitrogen and oxygen atoms in total. The fourth-order valence-corrected chi connectivity index (χ4v) is 3.73. The summed E-state index contributed by atoms with van der Waals surface area (Å²) in [6.07, 6.45) is -3.30. The maximum atomic E-state index is 13.7. The third-order valence-corrected chi connectivity index (χ3v) is 5.17. The Labute approximate surface area is 171 Å². The van der Waals surface area contributed by atoms with Crippen molar-refractivity contribution in [2.24, 2.45) is 0 Å². The van der Waals surface area contributed by atoms with Gasteiger partial charge in [-0.2, -0.15) is 13.2 Å². The summed E-state index contributed by atoms with van der Waals surface area (Å²) in [6.45, 7) is 4.00. The summed E-state index contributed by atoms with van der Waals surface area (Å²) < 4.78 is 66.1. The first-order chi connectivity index (χ1) is 14.2. The summed E-state index contributed by atoms with van der Waals surface area (Å²) in [7, 11) is 0. The summed E-state index contributed by atoms with van der Waals surface area (Å²) in [6, 6.07) is 13.0. The first-order valence-electron chi connectivity index (χ1n) is 9.69. The average Bonchev–Trinajstić information content (AvgIpc) is 3.16. The van der Waals surface area contributed by atoms with Gasteiger partial charge in [0.25, 0.3) is 0 Å². The molecule has 0 bridgehead atoms. The number of rotatable bonds is 2. The molecule has 0 radical (unpaired) electrons. The molecule has 0 saturated carbocycles. The Hall–Kier alpha value is -2.89. The van der Waals surface area contributed by atoms with Crippen LogP contribution in [0.15, 0.2) is 54.6 Å². The molecule has 0 saturated heterocycles. The first-order valence-corrected chi connectivity index (χ1v) is 9.69. The average molecular weight is 420 g/mol. The molecule has 6 heteroatoms. The van der Waals surface area contributed by atoms with Crippen molar-refractivity contribution in [1.82, 2.24) is 0 Å². The lowest BCUT2D eigenvalue weighted by Crippen LogP contribution is -2.05. The minimum absolute atomic E-state index is 0.00903. The summed E-state index contributed by atoms with van der Waals surface area (Å²) in [5.41, 5.74) is 2.63. The quantitative estimate of drug-likeness (QED) is 0.433. The molecule has 1 N–H and O–H groups in total. The van der Waals surface area contributed by atoms with Gasteiger partial charge in [-0.15, -0.1) is 0 Å². The number of phenols is 1. The number of alkyl halides is 3. The molecule has 1 aliphatic carbocycles. The van der Waals surface area contributed by atoms with E-state index in [9.17, 15) is 27.1 Å². The summed E-state index contributed by atoms with van der Waals surface area (Å²) >= 11 is 0. The fourth-order valence-electron chi connectivity index (χ4n) is 3.73. The van der Waals surface area contributed by atoms with Crippen LogP contribution in [0.5, 0.6) is 5.75 Å². The number of fused-ring (bicyclic) bond motifs is 1. The van der Waals surface area contributed by atoms with Crippen LogP contribution >= 0.6 is 0 Å². The zero-order valence-electron chi connectivity index (χ0n) is 16.5. The number of phenolic OH excluding ortho intramolecular Hbond substituents is 1. The second-order valence-corrected chi connectivity index (χ2v) is 7.00. The molecule has 0 spiro atoms. The van der Waals surface area contributed by atoms with Gasteiger partial charge in [0.1, 0.15) is 0 Å². The molecular formula is C24H21F5O. The zero-order chi connectivity index (χ0) is 22.1. The largest absolute Gasteiger partial charge is 0.503 e. The van der Waals surface area contributed by atoms with Gasteiger partial charge in [0.05, 0.1) is 5.56 Å². The number of halogens is 5. The molecule has 0 aliphatic heterocycles. The van der Waals surface area contributed by atoms with Crippen molar-refractivity contribution in [3.05, 3.63) is 88.5 Å². The van der Waals surface area contributed by atoms with Crippen molar-refractivity contribution in [2.75, 3.05) is 0 Å². The Morgan fingerprint density at radius 3 is 2.07 bits per heavy atom. The Morgan fingerprint density at radius 1 is 0.800 bits per heavy atom. The van der Waals surface area contributed by atoms with Gasteiger partial charge in [-0.05, 0) is 70.8 Å². The fraction of sp³-hybridized carbons (Fsp3) is 0.250. The van der Waals surface area contributed by atoms with Crippen LogP contribution < -0.4 is 0 Å². The van der Waals surface area contributed by atoms with E-state index in [0.29, 0.717) is 24.0 Å². The second kappa shape index (κ2) is 8.46. The lowest BCUT2D eigenvalue weighted by Gasteiger charge is -2.12. The molecule has 1 aliphatic rings. The first kappa shape index (κ1) is 21.8. The predicted octanol–water partition coefficient (Wildman–Crippen LogP) is 7.26. The normalized spacial score (nSPS) is 15.4. The van der Waals surface area contributed by atoms with Crippen molar-refractivity contribution in [1.29, 1.82) is 0 Å². The van der Waals surface area contributed by atoms with E-state index in [1.54, 1.807) is 18.2 Å². The SMILES string of the molecule is CC.Oc1c(F)cc(-c2cccc(C3Cc4ccc(C(F)(F)F)cc4C3)c2)cc1F. The van der Waals surface area contributed by atoms with E-state index in [-0.39, 0.29) is 11.5 Å². The maximum Gasteiger partial charge on any atom is 0.416 e. The van der Waals surface area contributed by atoms with E-state index in [4.69, 9.17) is 0 Å². The minimum Gasteiger partial charge on any atom is -0.503 e. The predicted molar refractivity (Wildman–Crippen MR) is 106 cm³/mol. The van der Waals surface area contributed by atoms with Crippen molar-refractivity contribution in [3.63, 3.8) is 0 Å². The van der Waals surface area contributed by atoms with Gasteiger partial charge in [0.2, 0.25) is 0 Å². The third kappa shape index (κ3) is 4.32. The molecule has 1 unspecified atom stereocenters. The van der Waals surface area contributed by atoms with Gasteiger partial charge in [-0.3, -0.25) is 0 Å². The Balaban J connectivity index is 0.00000124. The maximum absolute atomic E-state index is 13.7. The molecule has 0 fully saturated rings. The lowest BCUT2D eigenvalue weighted by molar-refractivity contribution is -0.137. The Kier molecular flexibility index (Phi) is 6.15. The monoisotopic (exact) mass is 420 g/mol. The molecule has 3 aromatic carbocycles. The number of hydrogen-bond donors (Lipinski definition) is 1. The van der Waals surface area contributed by atoms with Crippen LogP contribution in [-0.2, 0) is 19.0 Å². The Bertz CT molecular complexity index is 1030. The van der Waals surface area contributed by atoms with Crippen LogP contribution in [0, 0.1) is 11.6 Å². The smallest absolute Gasteiger partial charge is 0.416 e. The highest BCUT2D eigenvalue weighted by atomic mass is 19.4. The van der Waals surface area contributed by atoms with Crippen molar-refractivity contribution in [3.8, 4) is 16.9 Å². The molecule has 3 aromatic rings. The lowest BCUT2D eigenvalue weighted by atomic mass is 9.93. The van der Waals surface area contributed by atoms with Crippen molar-refractivity contribution < 1.29 is 27.1 Å². The van der Waals surface area contributed by atoms with Crippen LogP contribution in [0.4, 0.5) is 22.0 Å². The van der Waals surface area contributed by atoms with E-state index in [1.807, 2.05) is 19.9 Å². The minimum atomic E-state index is -4.37. The topological polar surface area (TPSA) is 20.2 Å². The van der Waals surface area contributed by atoms with Gasteiger partial charge in [-0.1, -0.05) is 44.2 Å². The highest BCUT2D eigenvalue weighted by molar-refractivity contribution is 5.66. The number of benzene rings is 3. The molecule has 0 heterocycles. The van der Waals surface area contributed by atoms with Crippen LogP contribution in [-0.4, -0.2) is 5.11 Å². The summed E-state index contributed by atoms with van der Waals surface area (Å²) in [4.78, 5) is 0. The zero-order valence-corrected chi connectivity index (χ0v) is 16.5. The van der Waals surface area contributed by atoms with Crippen LogP contribution in [0.1, 0.15) is 42.0 Å². The van der Waals surface area contributed by atoms with E-state index in [0.717, 1.165) is 29.3 Å². The number of hydrogen-bond acceptors (Lipinski definition) is 1. The summed E-state index contributed by atoms with van der Waals surface area (Å²) in [5, 5.41) is 9.25. The van der Waals surface area contributed by atoms with E-state index >= 15 is 0 Å². The molecule has 30 heavy (non-hydrogen) atoms. The van der Waals surface area contributed by atoms with Crippen LogP contribution in [0.25, 0.3) is 11.1 Å². The highest BCUT2D eigenvalue weighted by Crippen LogP contribution is 2.39. The van der Waals surface area contributed by atoms with Gasteiger partial charge in [-0.25, -0.2) is 8.78 Å². The second-order valence-electron chi connectivity index (χ2n) is 7.00. The standard InChI is InChI=1S/C22H15F5O.C2H6/c23-19-10-17(11-20(24)21(19)28)13-3-1-2-12(6-13)15-7-14-4-5-18(22(25,26)27)9-16(14)8-15;1-2/h1-6,9-11,15,28H,7-8H2;1-2H3. The third-order valence-electron chi connectivity index (χ3n) is 5.17. The van der Waals surface area contributed by atoms with E-state index in [1.165, 1.54) is 12.1 Å². The number of aromatic hydroxyl groups is 1. The van der Waals surface area contributed by atoms with E-state index < -0.39 is 29.1 Å². The molecule has 1 atom stereocenters. The molecule has 0 aromatic heterocycles. The molecule has 0 amide bonds. The summed E-state index contributed by atoms with van der Waals surface area (Å²) in [5.74, 6) is -3.13. The van der Waals surface area contributed by atoms with Crippen molar-refractivity contribution in [2.45, 2.75) is 38.8 Å². The van der Waals surface area contributed by atoms with Gasteiger partial charge in [0, 0.05) is 0 Å². The van der Waals surface area contributed by atoms with Crippen LogP contribution in [0.2, 0.25) is 0 Å².